The van der Waals surface area contributed by atoms with Gasteiger partial charge in [0, 0.05) is 30.8 Å². The molecule has 0 aromatic carbocycles. The zero-order chi connectivity index (χ0) is 12.3. The maximum absolute atomic E-state index is 11.0. The number of nitrogens with one attached hydrogen (secondary N) is 1. The van der Waals surface area contributed by atoms with Crippen LogP contribution in [0.3, 0.4) is 0 Å². The summed E-state index contributed by atoms with van der Waals surface area (Å²) in [6.07, 6.45) is 4.08. The number of imidazole rings is 1. The van der Waals surface area contributed by atoms with E-state index in [1.807, 2.05) is 6.20 Å². The van der Waals surface area contributed by atoms with E-state index >= 15 is 0 Å². The van der Waals surface area contributed by atoms with E-state index < -0.39 is 0 Å². The Bertz CT molecular complexity index is 389. The largest absolute Gasteiger partial charge is 0.469 e. The average molecular weight is 237 g/mol. The highest BCUT2D eigenvalue weighted by Crippen LogP contribution is 2.24. The number of ether oxygens (including phenoxy) is 1. The number of aryl methyl sites for hydroxylation is 1. The second kappa shape index (κ2) is 5.31. The van der Waals surface area contributed by atoms with Gasteiger partial charge in [-0.1, -0.05) is 0 Å². The number of nitrogens with zero attached hydrogens (tertiary/aromatic N) is 2. The van der Waals surface area contributed by atoms with Gasteiger partial charge in [0.15, 0.2) is 0 Å². The minimum absolute atomic E-state index is 0.191. The Kier molecular flexibility index (Phi) is 3.78. The van der Waals surface area contributed by atoms with Crippen LogP contribution in [0.1, 0.15) is 30.3 Å². The van der Waals surface area contributed by atoms with Crippen LogP contribution < -0.4 is 0 Å². The van der Waals surface area contributed by atoms with Crippen molar-refractivity contribution in [3.8, 4) is 0 Å². The number of hydrogen-bond donors (Lipinski definition) is 1. The van der Waals surface area contributed by atoms with Crippen LogP contribution >= 0.6 is 0 Å². The van der Waals surface area contributed by atoms with Gasteiger partial charge in [-0.2, -0.15) is 0 Å². The number of hydrogen-bond acceptors (Lipinski definition) is 4. The number of rotatable bonds is 4. The number of likely N-dealkylation sites (N-methyl/N-ethyl adjacent to an activating group) is 1. The Morgan fingerprint density at radius 2 is 2.53 bits per heavy atom. The van der Waals surface area contributed by atoms with Crippen LogP contribution in [0.4, 0.5) is 0 Å². The number of carbonyl (C=O) groups is 1. The molecule has 5 nitrogen and oxygen atoms in total. The SMILES string of the molecule is COC(=O)CCc1ncc(C2CCN(C)C2)[nH]1. The molecular formula is C12H19N3O2. The van der Waals surface area contributed by atoms with Crippen molar-refractivity contribution in [3.63, 3.8) is 0 Å². The van der Waals surface area contributed by atoms with Crippen molar-refractivity contribution in [1.82, 2.24) is 14.9 Å². The highest BCUT2D eigenvalue weighted by Gasteiger charge is 2.22. The number of methoxy groups -OCH3 is 1. The fourth-order valence-corrected chi connectivity index (χ4v) is 2.22. The van der Waals surface area contributed by atoms with E-state index in [-0.39, 0.29) is 5.97 Å². The molecule has 0 saturated carbocycles. The van der Waals surface area contributed by atoms with E-state index in [2.05, 4.69) is 26.7 Å². The van der Waals surface area contributed by atoms with Crippen LogP contribution in [0, 0.1) is 0 Å². The molecule has 1 saturated heterocycles. The van der Waals surface area contributed by atoms with E-state index in [0.717, 1.165) is 18.9 Å². The molecule has 0 spiro atoms. The van der Waals surface area contributed by atoms with Gasteiger partial charge in [0.25, 0.3) is 0 Å². The lowest BCUT2D eigenvalue weighted by molar-refractivity contribution is -0.140. The van der Waals surface area contributed by atoms with Gasteiger partial charge in [-0.05, 0) is 20.0 Å². The van der Waals surface area contributed by atoms with Gasteiger partial charge in [-0.25, -0.2) is 4.98 Å². The van der Waals surface area contributed by atoms with Crippen molar-refractivity contribution < 1.29 is 9.53 Å². The molecule has 1 atom stereocenters. The molecule has 2 heterocycles. The third kappa shape index (κ3) is 3.06. The summed E-state index contributed by atoms with van der Waals surface area (Å²) < 4.78 is 4.61. The molecule has 0 bridgehead atoms. The first-order chi connectivity index (χ1) is 8.19. The summed E-state index contributed by atoms with van der Waals surface area (Å²) in [6, 6.07) is 0. The van der Waals surface area contributed by atoms with E-state index in [1.54, 1.807) is 0 Å². The van der Waals surface area contributed by atoms with Crippen molar-refractivity contribution in [1.29, 1.82) is 0 Å². The number of likely N-dealkylation sites (tertiary alicyclic amines) is 1. The number of aromatic nitrogens is 2. The predicted molar refractivity (Wildman–Crippen MR) is 63.8 cm³/mol. The molecule has 2 rings (SSSR count). The Hall–Kier alpha value is -1.36. The van der Waals surface area contributed by atoms with Crippen molar-refractivity contribution in [2.45, 2.75) is 25.2 Å². The van der Waals surface area contributed by atoms with Gasteiger partial charge >= 0.3 is 5.97 Å². The Labute approximate surface area is 101 Å². The molecule has 1 unspecified atom stereocenters. The Morgan fingerprint density at radius 1 is 1.71 bits per heavy atom. The molecule has 1 aliphatic rings. The highest BCUT2D eigenvalue weighted by atomic mass is 16.5. The topological polar surface area (TPSA) is 58.2 Å². The molecule has 1 aromatic heterocycles. The van der Waals surface area contributed by atoms with E-state index in [9.17, 15) is 4.79 Å². The third-order valence-electron chi connectivity index (χ3n) is 3.27. The zero-order valence-corrected chi connectivity index (χ0v) is 10.4. The van der Waals surface area contributed by atoms with Crippen molar-refractivity contribution in [2.75, 3.05) is 27.2 Å². The Morgan fingerprint density at radius 3 is 3.18 bits per heavy atom. The second-order valence-electron chi connectivity index (χ2n) is 4.61. The van der Waals surface area contributed by atoms with Crippen LogP contribution in [0.15, 0.2) is 6.20 Å². The fraction of sp³-hybridized carbons (Fsp3) is 0.667. The zero-order valence-electron chi connectivity index (χ0n) is 10.4. The standard InChI is InChI=1S/C12H19N3O2/c1-15-6-5-9(8-15)10-7-13-11(14-10)3-4-12(16)17-2/h7,9H,3-6,8H2,1-2H3,(H,13,14). The van der Waals surface area contributed by atoms with Gasteiger partial charge in [0.05, 0.1) is 13.5 Å². The lowest BCUT2D eigenvalue weighted by Gasteiger charge is -2.07. The van der Waals surface area contributed by atoms with E-state index in [1.165, 1.54) is 19.2 Å². The maximum Gasteiger partial charge on any atom is 0.305 e. The Balaban J connectivity index is 1.89. The van der Waals surface area contributed by atoms with Crippen molar-refractivity contribution in [2.24, 2.45) is 0 Å². The number of esters is 1. The van der Waals surface area contributed by atoms with Crippen LogP contribution in [-0.2, 0) is 16.0 Å². The summed E-state index contributed by atoms with van der Waals surface area (Å²) in [5.74, 6) is 1.24. The van der Waals surface area contributed by atoms with Crippen LogP contribution in [-0.4, -0.2) is 48.1 Å². The summed E-state index contributed by atoms with van der Waals surface area (Å²) in [7, 11) is 3.54. The van der Waals surface area contributed by atoms with Crippen LogP contribution in [0.5, 0.6) is 0 Å². The first-order valence-electron chi connectivity index (χ1n) is 5.98. The molecule has 94 valence electrons. The van der Waals surface area contributed by atoms with Gasteiger partial charge in [-0.15, -0.1) is 0 Å². The lowest BCUT2D eigenvalue weighted by Crippen LogP contribution is -2.13. The average Bonchev–Trinajstić information content (AvgIpc) is 2.94. The molecule has 17 heavy (non-hydrogen) atoms. The number of aromatic amines is 1. The number of carbonyl (C=O) groups excluding carboxylic acids is 1. The molecule has 5 heteroatoms. The summed E-state index contributed by atoms with van der Waals surface area (Å²) in [5, 5.41) is 0. The second-order valence-corrected chi connectivity index (χ2v) is 4.61. The molecular weight excluding hydrogens is 218 g/mol. The molecule has 1 aliphatic heterocycles. The molecule has 0 aliphatic carbocycles. The molecule has 0 radical (unpaired) electrons. The van der Waals surface area contributed by atoms with Gasteiger partial charge in [0.1, 0.15) is 5.82 Å². The fourth-order valence-electron chi connectivity index (χ4n) is 2.22. The summed E-state index contributed by atoms with van der Waals surface area (Å²) in [6.45, 7) is 2.22. The first-order valence-corrected chi connectivity index (χ1v) is 5.98. The monoisotopic (exact) mass is 237 g/mol. The van der Waals surface area contributed by atoms with E-state index in [0.29, 0.717) is 18.8 Å². The van der Waals surface area contributed by atoms with E-state index in [4.69, 9.17) is 0 Å². The minimum Gasteiger partial charge on any atom is -0.469 e. The van der Waals surface area contributed by atoms with Gasteiger partial charge in [0.2, 0.25) is 0 Å². The highest BCUT2D eigenvalue weighted by molar-refractivity contribution is 5.69. The van der Waals surface area contributed by atoms with Gasteiger partial charge in [-0.3, -0.25) is 4.79 Å². The van der Waals surface area contributed by atoms with Crippen molar-refractivity contribution >= 4 is 5.97 Å². The summed E-state index contributed by atoms with van der Waals surface area (Å²) in [5.41, 5.74) is 1.19. The normalized spacial score (nSPS) is 20.7. The summed E-state index contributed by atoms with van der Waals surface area (Å²) >= 11 is 0. The van der Waals surface area contributed by atoms with Crippen LogP contribution in [0.25, 0.3) is 0 Å². The minimum atomic E-state index is -0.191. The first kappa shape index (κ1) is 12.1. The van der Waals surface area contributed by atoms with Crippen LogP contribution in [0.2, 0.25) is 0 Å². The smallest absolute Gasteiger partial charge is 0.305 e. The number of H-pyrrole nitrogens is 1. The predicted octanol–water partition coefficient (Wildman–Crippen LogP) is 0.934. The third-order valence-corrected chi connectivity index (χ3v) is 3.27. The molecule has 1 aromatic rings. The van der Waals surface area contributed by atoms with Crippen molar-refractivity contribution in [3.05, 3.63) is 17.7 Å². The maximum atomic E-state index is 11.0. The molecule has 1 N–H and O–H groups in total. The summed E-state index contributed by atoms with van der Waals surface area (Å²) in [4.78, 5) is 21.0. The lowest BCUT2D eigenvalue weighted by atomic mass is 10.1. The molecule has 1 fully saturated rings. The van der Waals surface area contributed by atoms with Gasteiger partial charge < -0.3 is 14.6 Å². The molecule has 0 amide bonds. The quantitative estimate of drug-likeness (QED) is 0.792.